The Hall–Kier alpha value is -4.27. The van der Waals surface area contributed by atoms with Crippen molar-refractivity contribution in [1.29, 1.82) is 0 Å². The highest BCUT2D eigenvalue weighted by Gasteiger charge is 2.39. The van der Waals surface area contributed by atoms with Crippen LogP contribution in [0.4, 0.5) is 0 Å². The van der Waals surface area contributed by atoms with Crippen LogP contribution in [-0.4, -0.2) is 44.3 Å². The summed E-state index contributed by atoms with van der Waals surface area (Å²) in [6, 6.07) is -0.110. The normalized spacial score (nSPS) is 26.8. The number of aryl methyl sites for hydroxylation is 1. The third kappa shape index (κ3) is 4.25. The first-order valence-electron chi connectivity index (χ1n) is 14.6. The monoisotopic (exact) mass is 568 g/mol. The van der Waals surface area contributed by atoms with Crippen LogP contribution >= 0.6 is 0 Å². The van der Waals surface area contributed by atoms with E-state index in [1.165, 1.54) is 0 Å². The summed E-state index contributed by atoms with van der Waals surface area (Å²) in [5, 5.41) is 20.9. The minimum Gasteiger partial charge on any atom is -0.481 e. The van der Waals surface area contributed by atoms with E-state index in [1.807, 2.05) is 39.0 Å². The van der Waals surface area contributed by atoms with Crippen molar-refractivity contribution in [3.63, 3.8) is 0 Å². The van der Waals surface area contributed by atoms with E-state index in [1.54, 1.807) is 0 Å². The summed E-state index contributed by atoms with van der Waals surface area (Å²) in [6.07, 6.45) is 7.67. The largest absolute Gasteiger partial charge is 0.481 e. The SMILES string of the molecule is C=CC1=C(C)C2=NC1CC1=NC(=Cc3[nH]c4c(c(O)oc(=O)c4c3C)C3=NC(=C2)[C@H](C)[C@H]3CCC(=O)O)C(CC)C1C. The summed E-state index contributed by atoms with van der Waals surface area (Å²) in [5.74, 6) is -1.51. The zero-order chi connectivity index (χ0) is 30.0. The smallest absolute Gasteiger partial charge is 0.348 e. The number of aliphatic carboxylic acids is 1. The van der Waals surface area contributed by atoms with Crippen molar-refractivity contribution in [2.24, 2.45) is 38.6 Å². The Morgan fingerprint density at radius 1 is 1.17 bits per heavy atom. The number of carboxylic acids is 1. The van der Waals surface area contributed by atoms with Gasteiger partial charge in [0.15, 0.2) is 0 Å². The number of nitrogens with zero attached hydrogens (tertiary/aromatic N) is 3. The molecule has 0 saturated heterocycles. The zero-order valence-corrected chi connectivity index (χ0v) is 24.6. The Labute approximate surface area is 243 Å². The molecule has 2 aromatic heterocycles. The van der Waals surface area contributed by atoms with Crippen molar-refractivity contribution in [3.8, 4) is 5.95 Å². The average molecular weight is 569 g/mol. The molecule has 0 saturated carbocycles. The lowest BCUT2D eigenvalue weighted by Crippen LogP contribution is -2.20. The van der Waals surface area contributed by atoms with Gasteiger partial charge in [0.2, 0.25) is 0 Å². The van der Waals surface area contributed by atoms with Gasteiger partial charge in [-0.05, 0) is 55.6 Å². The quantitative estimate of drug-likeness (QED) is 0.398. The van der Waals surface area contributed by atoms with Crippen molar-refractivity contribution in [2.75, 3.05) is 0 Å². The van der Waals surface area contributed by atoms with Crippen molar-refractivity contribution >= 4 is 40.1 Å². The molecule has 0 amide bonds. The van der Waals surface area contributed by atoms with Gasteiger partial charge in [0.1, 0.15) is 5.56 Å². The number of carbonyl (C=O) groups is 1. The van der Waals surface area contributed by atoms with E-state index in [4.69, 9.17) is 19.4 Å². The van der Waals surface area contributed by atoms with Gasteiger partial charge >= 0.3 is 11.6 Å². The molecule has 2 aromatic rings. The predicted octanol–water partition coefficient (Wildman–Crippen LogP) is 6.13. The molecular weight excluding hydrogens is 532 g/mol. The van der Waals surface area contributed by atoms with Gasteiger partial charge in [0.05, 0.1) is 28.4 Å². The lowest BCUT2D eigenvalue weighted by Gasteiger charge is -2.18. The molecule has 4 aliphatic heterocycles. The van der Waals surface area contributed by atoms with E-state index in [-0.39, 0.29) is 41.7 Å². The molecule has 5 atom stereocenters. The maximum absolute atomic E-state index is 13.1. The van der Waals surface area contributed by atoms with E-state index in [9.17, 15) is 19.8 Å². The Morgan fingerprint density at radius 3 is 2.62 bits per heavy atom. The van der Waals surface area contributed by atoms with Gasteiger partial charge in [-0.2, -0.15) is 0 Å². The molecule has 3 unspecified atom stereocenters. The second kappa shape index (κ2) is 10.2. The van der Waals surface area contributed by atoms with Gasteiger partial charge in [-0.1, -0.05) is 33.4 Å². The number of fused-ring (bicyclic) bond motifs is 5. The van der Waals surface area contributed by atoms with Crippen molar-refractivity contribution < 1.29 is 19.4 Å². The fourth-order valence-electron chi connectivity index (χ4n) is 7.15. The minimum absolute atomic E-state index is 0.0671. The number of hydrogen-bond donors (Lipinski definition) is 3. The molecule has 0 spiro atoms. The molecule has 6 rings (SSSR count). The Bertz CT molecular complexity index is 1790. The summed E-state index contributed by atoms with van der Waals surface area (Å²) in [4.78, 5) is 43.3. The van der Waals surface area contributed by atoms with Crippen molar-refractivity contribution in [3.05, 3.63) is 68.5 Å². The van der Waals surface area contributed by atoms with Crippen LogP contribution in [0, 0.1) is 30.6 Å². The Morgan fingerprint density at radius 2 is 1.93 bits per heavy atom. The van der Waals surface area contributed by atoms with Crippen LogP contribution in [0.3, 0.4) is 0 Å². The molecule has 0 fully saturated rings. The molecule has 0 radical (unpaired) electrons. The first kappa shape index (κ1) is 27.9. The third-order valence-corrected chi connectivity index (χ3v) is 9.63. The number of aromatic nitrogens is 1. The maximum atomic E-state index is 13.1. The molecule has 218 valence electrons. The van der Waals surface area contributed by atoms with Gasteiger partial charge < -0.3 is 19.6 Å². The van der Waals surface area contributed by atoms with Crippen LogP contribution in [-0.2, 0) is 4.79 Å². The highest BCUT2D eigenvalue weighted by molar-refractivity contribution is 6.16. The van der Waals surface area contributed by atoms with E-state index in [0.29, 0.717) is 35.0 Å². The number of hydrogen-bond acceptors (Lipinski definition) is 7. The minimum atomic E-state index is -0.913. The van der Waals surface area contributed by atoms with Gasteiger partial charge in [0, 0.05) is 59.3 Å². The number of nitrogens with one attached hydrogen (secondary N) is 1. The molecule has 9 nitrogen and oxygen atoms in total. The molecule has 4 aliphatic rings. The molecular formula is C33H36N4O5. The fraction of sp³-hybridized carbons (Fsp3) is 0.424. The maximum Gasteiger partial charge on any atom is 0.348 e. The number of aromatic hydroxyl groups is 1. The van der Waals surface area contributed by atoms with E-state index in [2.05, 4.69) is 25.4 Å². The molecule has 9 heteroatoms. The highest BCUT2D eigenvalue weighted by Crippen LogP contribution is 2.43. The van der Waals surface area contributed by atoms with Gasteiger partial charge in [-0.15, -0.1) is 0 Å². The number of allylic oxidation sites excluding steroid dienone is 4. The topological polar surface area (TPSA) is 141 Å². The summed E-state index contributed by atoms with van der Waals surface area (Å²) in [6.45, 7) is 14.3. The van der Waals surface area contributed by atoms with Gasteiger partial charge in [-0.25, -0.2) is 4.79 Å². The number of aromatic amines is 1. The van der Waals surface area contributed by atoms with Crippen LogP contribution in [0.2, 0.25) is 0 Å². The standard InChI is InChI=1S/C33H36N4O5/c1-7-18-14(3)21-11-23-16(5)20(9-10-27(38)39)30(36-23)29-31-28(32(40)42-33(29)41)17(6)24(37-31)13-26-19(8-2)15(4)22(35-26)12-25(18)34-21/h7,11,13,15-16,19-20,25,37,41H,1,8-10,12H2,2-6H3,(H,38,39)/t15?,16-,19?,20-,25?/m1/s1. The Balaban J connectivity index is 1.66. The lowest BCUT2D eigenvalue weighted by atomic mass is 9.83. The summed E-state index contributed by atoms with van der Waals surface area (Å²) in [5.41, 5.74) is 7.65. The first-order valence-corrected chi connectivity index (χ1v) is 14.6. The summed E-state index contributed by atoms with van der Waals surface area (Å²) < 4.78 is 5.38. The number of carboxylic acid groups (broad SMARTS) is 1. The van der Waals surface area contributed by atoms with Crippen LogP contribution in [0.1, 0.15) is 70.2 Å². The molecule has 3 N–H and O–H groups in total. The van der Waals surface area contributed by atoms with Crippen molar-refractivity contribution in [1.82, 2.24) is 4.98 Å². The first-order chi connectivity index (χ1) is 20.0. The van der Waals surface area contributed by atoms with Crippen LogP contribution in [0.5, 0.6) is 5.95 Å². The summed E-state index contributed by atoms with van der Waals surface area (Å²) in [7, 11) is 0. The second-order valence-corrected chi connectivity index (χ2v) is 11.9. The Kier molecular flexibility index (Phi) is 6.78. The molecule has 0 aromatic carbocycles. The molecule has 42 heavy (non-hydrogen) atoms. The number of aliphatic imine (C=N–C) groups is 3. The second-order valence-electron chi connectivity index (χ2n) is 11.9. The molecule has 8 bridgehead atoms. The zero-order valence-electron chi connectivity index (χ0n) is 24.6. The third-order valence-electron chi connectivity index (χ3n) is 9.63. The van der Waals surface area contributed by atoms with Crippen molar-refractivity contribution in [2.45, 2.75) is 66.3 Å². The molecule has 0 aliphatic carbocycles. The van der Waals surface area contributed by atoms with E-state index >= 15 is 0 Å². The van der Waals surface area contributed by atoms with E-state index < -0.39 is 17.5 Å². The van der Waals surface area contributed by atoms with Crippen LogP contribution in [0.15, 0.2) is 65.5 Å². The average Bonchev–Trinajstić information content (AvgIpc) is 3.61. The number of H-pyrrole nitrogens is 1. The van der Waals surface area contributed by atoms with Crippen LogP contribution in [0.25, 0.3) is 17.0 Å². The van der Waals surface area contributed by atoms with Gasteiger partial charge in [0.25, 0.3) is 5.95 Å². The van der Waals surface area contributed by atoms with E-state index in [0.717, 1.165) is 46.1 Å². The summed E-state index contributed by atoms with van der Waals surface area (Å²) >= 11 is 0. The lowest BCUT2D eigenvalue weighted by molar-refractivity contribution is -0.137. The fourth-order valence-corrected chi connectivity index (χ4v) is 7.15. The van der Waals surface area contributed by atoms with Gasteiger partial charge in [-0.3, -0.25) is 19.8 Å². The highest BCUT2D eigenvalue weighted by atomic mass is 16.5. The van der Waals surface area contributed by atoms with Crippen LogP contribution < -0.4 is 5.63 Å². The number of rotatable bonds is 5. The molecule has 6 heterocycles. The predicted molar refractivity (Wildman–Crippen MR) is 164 cm³/mol.